The minimum atomic E-state index is -3.88. The van der Waals surface area contributed by atoms with Gasteiger partial charge in [-0.15, -0.1) is 0 Å². The van der Waals surface area contributed by atoms with Crippen molar-refractivity contribution in [3.05, 3.63) is 106 Å². The zero-order chi connectivity index (χ0) is 22.3. The fourth-order valence-electron chi connectivity index (χ4n) is 3.93. The second-order valence-electron chi connectivity index (χ2n) is 7.53. The van der Waals surface area contributed by atoms with Crippen LogP contribution >= 0.6 is 22.6 Å². The molecule has 0 saturated heterocycles. The Labute approximate surface area is 200 Å². The van der Waals surface area contributed by atoms with Crippen molar-refractivity contribution in [2.24, 2.45) is 0 Å². The fraction of sp³-hybridized carbons (Fsp3) is 0.0385. The van der Waals surface area contributed by atoms with Gasteiger partial charge in [-0.3, -0.25) is 0 Å². The van der Waals surface area contributed by atoms with Crippen LogP contribution < -0.4 is 0 Å². The first-order chi connectivity index (χ1) is 15.5. The number of hydrogen-bond donors (Lipinski definition) is 0. The van der Waals surface area contributed by atoms with Crippen molar-refractivity contribution >= 4 is 43.6 Å². The Balaban J connectivity index is 1.91. The fourth-order valence-corrected chi connectivity index (χ4v) is 6.56. The largest absolute Gasteiger partial charge is 0.269 e. The van der Waals surface area contributed by atoms with E-state index in [1.165, 1.54) is 3.97 Å². The van der Waals surface area contributed by atoms with E-state index >= 15 is 0 Å². The van der Waals surface area contributed by atoms with Crippen molar-refractivity contribution in [2.45, 2.75) is 11.8 Å². The predicted octanol–water partition coefficient (Wildman–Crippen LogP) is 6.52. The van der Waals surface area contributed by atoms with E-state index in [0.717, 1.165) is 31.2 Å². The van der Waals surface area contributed by atoms with Crippen molar-refractivity contribution in [3.63, 3.8) is 0 Å². The van der Waals surface area contributed by atoms with Crippen LogP contribution in [0.2, 0.25) is 0 Å². The smallest absolute Gasteiger partial charge is 0.237 e. The van der Waals surface area contributed by atoms with Crippen molar-refractivity contribution in [1.82, 2.24) is 8.96 Å². The molecular formula is C26H19IN2O2S. The summed E-state index contributed by atoms with van der Waals surface area (Å²) in [4.78, 5) is 4.71. The minimum Gasteiger partial charge on any atom is -0.237 e. The van der Waals surface area contributed by atoms with Crippen LogP contribution in [0.4, 0.5) is 0 Å². The quantitative estimate of drug-likeness (QED) is 0.240. The highest BCUT2D eigenvalue weighted by Crippen LogP contribution is 2.41. The molecule has 0 bridgehead atoms. The van der Waals surface area contributed by atoms with Crippen LogP contribution in [0.1, 0.15) is 5.56 Å². The number of pyridine rings is 1. The molecule has 0 radical (unpaired) electrons. The Morgan fingerprint density at radius 2 is 1.50 bits per heavy atom. The molecule has 2 heterocycles. The number of halogens is 1. The average molecular weight is 550 g/mol. The molecule has 0 aliphatic carbocycles. The Hall–Kier alpha value is -2.97. The number of hydrogen-bond acceptors (Lipinski definition) is 3. The van der Waals surface area contributed by atoms with E-state index in [1.807, 2.05) is 67.6 Å². The van der Waals surface area contributed by atoms with Gasteiger partial charge in [0.2, 0.25) is 0 Å². The Morgan fingerprint density at radius 1 is 0.812 bits per heavy atom. The van der Waals surface area contributed by atoms with E-state index in [2.05, 4.69) is 33.6 Å². The molecule has 0 aliphatic heterocycles. The van der Waals surface area contributed by atoms with Crippen LogP contribution in [0.3, 0.4) is 0 Å². The molecule has 4 nitrogen and oxygen atoms in total. The van der Waals surface area contributed by atoms with Crippen molar-refractivity contribution in [3.8, 4) is 22.4 Å². The van der Waals surface area contributed by atoms with Crippen LogP contribution in [0.15, 0.2) is 102 Å². The standard InChI is InChI=1S/C26H19IN2O2S/c1-18-14-15-21(23(17-18)19-9-4-2-5-10-19)25-24(27)22-13-8-16-28-26(22)29(25)32(30,31)20-11-6-3-7-12-20/h2-17H,1H3. The highest BCUT2D eigenvalue weighted by Gasteiger charge is 2.29. The van der Waals surface area contributed by atoms with Gasteiger partial charge in [0, 0.05) is 20.7 Å². The summed E-state index contributed by atoms with van der Waals surface area (Å²) in [6.45, 7) is 2.04. The Morgan fingerprint density at radius 3 is 2.22 bits per heavy atom. The molecule has 0 atom stereocenters. The van der Waals surface area contributed by atoms with Gasteiger partial charge in [0.15, 0.2) is 5.65 Å². The molecule has 0 amide bonds. The third-order valence-electron chi connectivity index (χ3n) is 5.42. The maximum atomic E-state index is 13.9. The lowest BCUT2D eigenvalue weighted by atomic mass is 9.96. The Bertz CT molecular complexity index is 1540. The van der Waals surface area contributed by atoms with E-state index < -0.39 is 10.0 Å². The monoisotopic (exact) mass is 550 g/mol. The predicted molar refractivity (Wildman–Crippen MR) is 137 cm³/mol. The molecule has 5 aromatic rings. The highest BCUT2D eigenvalue weighted by atomic mass is 127. The lowest BCUT2D eigenvalue weighted by molar-refractivity contribution is 0.589. The molecule has 6 heteroatoms. The molecule has 0 N–H and O–H groups in total. The van der Waals surface area contributed by atoms with Gasteiger partial charge in [-0.05, 0) is 64.9 Å². The second-order valence-corrected chi connectivity index (χ2v) is 10.4. The first kappa shape index (κ1) is 20.9. The van der Waals surface area contributed by atoms with Gasteiger partial charge in [-0.2, -0.15) is 0 Å². The van der Waals surface area contributed by atoms with Gasteiger partial charge in [-0.1, -0.05) is 72.3 Å². The molecule has 3 aromatic carbocycles. The summed E-state index contributed by atoms with van der Waals surface area (Å²) < 4.78 is 30.0. The average Bonchev–Trinajstić information content (AvgIpc) is 3.13. The summed E-state index contributed by atoms with van der Waals surface area (Å²) in [7, 11) is -3.88. The number of fused-ring (bicyclic) bond motifs is 1. The van der Waals surface area contributed by atoms with Crippen LogP contribution in [0.5, 0.6) is 0 Å². The third kappa shape index (κ3) is 3.43. The molecule has 158 valence electrons. The maximum Gasteiger partial charge on any atom is 0.269 e. The van der Waals surface area contributed by atoms with Gasteiger partial charge in [0.1, 0.15) is 0 Å². The summed E-state index contributed by atoms with van der Waals surface area (Å²) in [5.41, 5.74) is 5.02. The molecule has 0 aliphatic rings. The van der Waals surface area contributed by atoms with Crippen LogP contribution in [-0.4, -0.2) is 17.4 Å². The lowest BCUT2D eigenvalue weighted by Gasteiger charge is -2.16. The summed E-state index contributed by atoms with van der Waals surface area (Å²) in [6.07, 6.45) is 1.63. The summed E-state index contributed by atoms with van der Waals surface area (Å²) in [5, 5.41) is 0.808. The molecule has 5 rings (SSSR count). The topological polar surface area (TPSA) is 52.0 Å². The molecule has 0 saturated carbocycles. The van der Waals surface area contributed by atoms with Gasteiger partial charge >= 0.3 is 0 Å². The summed E-state index contributed by atoms with van der Waals surface area (Å²) in [6, 6.07) is 28.4. The van der Waals surface area contributed by atoms with Crippen molar-refractivity contribution in [2.75, 3.05) is 0 Å². The number of nitrogens with zero attached hydrogens (tertiary/aromatic N) is 2. The SMILES string of the molecule is Cc1ccc(-c2c(I)c3cccnc3n2S(=O)(=O)c2ccccc2)c(-c2ccccc2)c1. The van der Waals surface area contributed by atoms with Gasteiger partial charge < -0.3 is 0 Å². The highest BCUT2D eigenvalue weighted by molar-refractivity contribution is 14.1. The number of aryl methyl sites for hydroxylation is 1. The Kier molecular flexibility index (Phi) is 5.35. The van der Waals surface area contributed by atoms with E-state index in [9.17, 15) is 8.42 Å². The van der Waals surface area contributed by atoms with Gasteiger partial charge in [-0.25, -0.2) is 17.4 Å². The lowest BCUT2D eigenvalue weighted by Crippen LogP contribution is -2.15. The molecule has 32 heavy (non-hydrogen) atoms. The van der Waals surface area contributed by atoms with Crippen LogP contribution in [0.25, 0.3) is 33.4 Å². The van der Waals surface area contributed by atoms with E-state index in [0.29, 0.717) is 11.3 Å². The normalized spacial score (nSPS) is 11.7. The zero-order valence-electron chi connectivity index (χ0n) is 17.2. The number of rotatable bonds is 4. The first-order valence-electron chi connectivity index (χ1n) is 10.1. The molecular weight excluding hydrogens is 531 g/mol. The number of aromatic nitrogens is 2. The van der Waals surface area contributed by atoms with Gasteiger partial charge in [0.25, 0.3) is 10.0 Å². The molecule has 0 spiro atoms. The molecule has 0 unspecified atom stereocenters. The van der Waals surface area contributed by atoms with Crippen molar-refractivity contribution < 1.29 is 8.42 Å². The maximum absolute atomic E-state index is 13.9. The molecule has 0 fully saturated rings. The van der Waals surface area contributed by atoms with Crippen LogP contribution in [-0.2, 0) is 10.0 Å². The van der Waals surface area contributed by atoms with Crippen molar-refractivity contribution in [1.29, 1.82) is 0 Å². The zero-order valence-corrected chi connectivity index (χ0v) is 20.2. The summed E-state index contributed by atoms with van der Waals surface area (Å²) >= 11 is 2.24. The minimum absolute atomic E-state index is 0.230. The molecule has 2 aromatic heterocycles. The number of benzene rings is 3. The van der Waals surface area contributed by atoms with E-state index in [-0.39, 0.29) is 4.90 Å². The van der Waals surface area contributed by atoms with Crippen LogP contribution in [0, 0.1) is 10.5 Å². The van der Waals surface area contributed by atoms with Gasteiger partial charge in [0.05, 0.1) is 10.6 Å². The summed E-state index contributed by atoms with van der Waals surface area (Å²) in [5.74, 6) is 0. The first-order valence-corrected chi connectivity index (χ1v) is 12.6. The third-order valence-corrected chi connectivity index (χ3v) is 8.22. The van der Waals surface area contributed by atoms with E-state index in [4.69, 9.17) is 0 Å². The van der Waals surface area contributed by atoms with E-state index in [1.54, 1.807) is 30.5 Å². The second kappa shape index (κ2) is 8.18.